The van der Waals surface area contributed by atoms with E-state index in [1.54, 1.807) is 0 Å². The minimum absolute atomic E-state index is 0.566. The minimum atomic E-state index is 0.566. The van der Waals surface area contributed by atoms with Crippen molar-refractivity contribution in [2.45, 2.75) is 78.1 Å². The quantitative estimate of drug-likeness (QED) is 0.0974. The molecule has 0 fully saturated rings. The van der Waals surface area contributed by atoms with E-state index in [1.165, 1.54) is 40.7 Å². The third-order valence-electron chi connectivity index (χ3n) is 9.65. The van der Waals surface area contributed by atoms with Crippen molar-refractivity contribution in [3.8, 4) is 11.5 Å². The molecule has 0 unspecified atom stereocenters. The van der Waals surface area contributed by atoms with E-state index in [0.29, 0.717) is 5.75 Å². The molecule has 50 heavy (non-hydrogen) atoms. The van der Waals surface area contributed by atoms with E-state index in [-0.39, 0.29) is 0 Å². The maximum absolute atomic E-state index is 8.92. The van der Waals surface area contributed by atoms with Gasteiger partial charge in [0.15, 0.2) is 0 Å². The molecule has 5 rings (SSSR count). The van der Waals surface area contributed by atoms with Gasteiger partial charge in [-0.25, -0.2) is 0 Å². The molecule has 0 atom stereocenters. The zero-order valence-corrected chi connectivity index (χ0v) is 31.2. The fraction of sp³-hybridized carbons (Fsp3) is 0.348. The Morgan fingerprint density at radius 3 is 2.28 bits per heavy atom. The van der Waals surface area contributed by atoms with Crippen LogP contribution in [0.25, 0.3) is 16.7 Å². The van der Waals surface area contributed by atoms with Crippen LogP contribution in [-0.2, 0) is 0 Å². The molecule has 4 heteroatoms. The Labute approximate surface area is 301 Å². The van der Waals surface area contributed by atoms with Gasteiger partial charge in [0.2, 0.25) is 0 Å². The first-order chi connectivity index (χ1) is 24.3. The van der Waals surface area contributed by atoms with E-state index in [9.17, 15) is 0 Å². The second-order valence-corrected chi connectivity index (χ2v) is 13.9. The zero-order chi connectivity index (χ0) is 35.5. The number of ether oxygens (including phenoxy) is 1. The highest BCUT2D eigenvalue weighted by Crippen LogP contribution is 2.41. The van der Waals surface area contributed by atoms with Crippen LogP contribution in [0, 0.1) is 0 Å². The molecule has 4 nitrogen and oxygen atoms in total. The smallest absolute Gasteiger partial charge is 0.263 e. The molecule has 0 aromatic heterocycles. The molecular weight excluding hydrogens is 613 g/mol. The normalized spacial score (nSPS) is 16.5. The van der Waals surface area contributed by atoms with Gasteiger partial charge in [0.1, 0.15) is 11.5 Å². The van der Waals surface area contributed by atoms with Gasteiger partial charge in [-0.05, 0) is 102 Å². The van der Waals surface area contributed by atoms with Crippen molar-refractivity contribution in [2.24, 2.45) is 0 Å². The van der Waals surface area contributed by atoms with Crippen LogP contribution in [0.5, 0.6) is 11.5 Å². The topological polar surface area (TPSA) is 38.6 Å². The van der Waals surface area contributed by atoms with Gasteiger partial charge in [0.25, 0.3) is 5.75 Å². The highest BCUT2D eigenvalue weighted by atomic mass is 16.5. The first-order valence-corrected chi connectivity index (χ1v) is 18.6. The summed E-state index contributed by atoms with van der Waals surface area (Å²) in [6.07, 6.45) is 24.8. The monoisotopic (exact) mass is 669 g/mol. The van der Waals surface area contributed by atoms with Crippen molar-refractivity contribution in [2.75, 3.05) is 38.0 Å². The van der Waals surface area contributed by atoms with Crippen LogP contribution in [-0.4, -0.2) is 33.3 Å². The van der Waals surface area contributed by atoms with Crippen LogP contribution in [0.3, 0.4) is 0 Å². The molecule has 1 aliphatic heterocycles. The maximum atomic E-state index is 8.92. The number of nitrogens with zero attached hydrogens (tertiary/aromatic N) is 2. The van der Waals surface area contributed by atoms with Crippen LogP contribution in [0.4, 0.5) is 11.4 Å². The van der Waals surface area contributed by atoms with Gasteiger partial charge in [-0.15, -0.1) is 0 Å². The van der Waals surface area contributed by atoms with Gasteiger partial charge in [0, 0.05) is 57.6 Å². The van der Waals surface area contributed by atoms with E-state index < -0.39 is 0 Å². The van der Waals surface area contributed by atoms with E-state index in [0.717, 1.165) is 91.0 Å². The third kappa shape index (κ3) is 9.29. The van der Waals surface area contributed by atoms with Gasteiger partial charge >= 0.3 is 0 Å². The summed E-state index contributed by atoms with van der Waals surface area (Å²) >= 11 is 0. The highest BCUT2D eigenvalue weighted by Gasteiger charge is 2.20. The number of benzene rings is 3. The second-order valence-electron chi connectivity index (χ2n) is 13.9. The lowest BCUT2D eigenvalue weighted by Crippen LogP contribution is -2.10. The summed E-state index contributed by atoms with van der Waals surface area (Å²) in [7, 11) is 8.20. The number of hydrogen-bond donors (Lipinski definition) is 0. The van der Waals surface area contributed by atoms with E-state index in [1.807, 2.05) is 20.2 Å². The van der Waals surface area contributed by atoms with Crippen molar-refractivity contribution in [3.05, 3.63) is 137 Å². The summed E-state index contributed by atoms with van der Waals surface area (Å²) in [5, 5.41) is 8.92. The maximum Gasteiger partial charge on any atom is 0.263 e. The van der Waals surface area contributed by atoms with Gasteiger partial charge in [-0.1, -0.05) is 93.8 Å². The van der Waals surface area contributed by atoms with E-state index >= 15 is 0 Å². The fourth-order valence-electron chi connectivity index (χ4n) is 6.74. The number of fused-ring (bicyclic) bond motifs is 1. The minimum Gasteiger partial charge on any atom is -0.593 e. The summed E-state index contributed by atoms with van der Waals surface area (Å²) in [6.45, 7) is 4.48. The van der Waals surface area contributed by atoms with Crippen LogP contribution >= 0.6 is 0 Å². The predicted octanol–water partition coefficient (Wildman–Crippen LogP) is 11.9. The fourth-order valence-corrected chi connectivity index (χ4v) is 6.74. The van der Waals surface area contributed by atoms with Crippen molar-refractivity contribution in [1.82, 2.24) is 0 Å². The Kier molecular flexibility index (Phi) is 13.0. The molecule has 0 saturated heterocycles. The number of rotatable bonds is 14. The van der Waals surface area contributed by atoms with Gasteiger partial charge in [-0.3, -0.25) is 0 Å². The average Bonchev–Trinajstić information content (AvgIpc) is 3.12. The Morgan fingerprint density at radius 2 is 1.56 bits per heavy atom. The molecule has 3 aromatic carbocycles. The van der Waals surface area contributed by atoms with Crippen molar-refractivity contribution in [1.29, 1.82) is 0 Å². The number of hydrogen-bond acceptors (Lipinski definition) is 3. The van der Waals surface area contributed by atoms with Crippen LogP contribution < -0.4 is 14.5 Å². The zero-order valence-electron chi connectivity index (χ0n) is 31.2. The van der Waals surface area contributed by atoms with Crippen LogP contribution in [0.15, 0.2) is 120 Å². The van der Waals surface area contributed by atoms with Gasteiger partial charge in [-0.2, -0.15) is 0 Å². The van der Waals surface area contributed by atoms with Crippen molar-refractivity contribution in [3.63, 3.8) is 0 Å². The molecule has 1 aliphatic carbocycles. The average molecular weight is 670 g/mol. The van der Waals surface area contributed by atoms with Crippen LogP contribution in [0.2, 0.25) is 0 Å². The molecule has 1 heterocycles. The first kappa shape index (κ1) is 36.6. The predicted molar refractivity (Wildman–Crippen MR) is 217 cm³/mol. The summed E-state index contributed by atoms with van der Waals surface area (Å²) in [4.78, 5) is 4.19. The molecule has 2 aliphatic rings. The molecule has 0 spiro atoms. The highest BCUT2D eigenvalue weighted by molar-refractivity contribution is 5.88. The number of anilines is 2. The standard InChI is InChI=1S/C46H56N2O2/c1-7-9-11-13-17-34(42-29-27-39(47(3)4)32-44(42)49)23-24-36-20-16-21-37(46(36)35-18-14-12-15-19-35)25-26-38-31-41(22-10-8-2)50-45-33-40(48(5)6)28-30-43(38)45/h12,14-15,17-19,23-33,49H,7-11,13,16,20-22H2,1-6H3/p+1/b24-23+,34-17-,37-25+,38-26+. The molecule has 3 aromatic rings. The Balaban J connectivity index is 1.58. The summed E-state index contributed by atoms with van der Waals surface area (Å²) in [5.74, 6) is 2.54. The molecule has 0 amide bonds. The first-order valence-electron chi connectivity index (χ1n) is 18.6. The lowest BCUT2D eigenvalue weighted by Gasteiger charge is -2.24. The Hall–Kier alpha value is -4.70. The SMILES string of the molecule is CCCCC/C=C(/C=C/C1=C(c2ccccc2)C(=C/C=C2\C=C(CCCC)Oc3cc(N(C)C)ccc32)/CCC1)c1ccc(N(C)C)cc1[OH2+]. The van der Waals surface area contributed by atoms with Crippen molar-refractivity contribution >= 4 is 28.1 Å². The van der Waals surface area contributed by atoms with Gasteiger partial charge < -0.3 is 19.6 Å². The Bertz CT molecular complexity index is 1800. The summed E-state index contributed by atoms with van der Waals surface area (Å²) < 4.78 is 6.45. The molecule has 0 radical (unpaired) electrons. The second kappa shape index (κ2) is 17.8. The molecule has 0 bridgehead atoms. The summed E-state index contributed by atoms with van der Waals surface area (Å²) in [6, 6.07) is 23.6. The van der Waals surface area contributed by atoms with Crippen molar-refractivity contribution < 1.29 is 9.84 Å². The lowest BCUT2D eigenvalue weighted by molar-refractivity contribution is 0.393. The van der Waals surface area contributed by atoms with Crippen LogP contribution in [0.1, 0.15) is 94.7 Å². The Morgan fingerprint density at radius 1 is 0.820 bits per heavy atom. The molecule has 262 valence electrons. The van der Waals surface area contributed by atoms with E-state index in [2.05, 4.69) is 135 Å². The number of unbranched alkanes of at least 4 members (excludes halogenated alkanes) is 4. The van der Waals surface area contributed by atoms with E-state index in [4.69, 9.17) is 9.84 Å². The third-order valence-corrected chi connectivity index (χ3v) is 9.65. The molecule has 0 saturated carbocycles. The lowest BCUT2D eigenvalue weighted by atomic mass is 9.82. The van der Waals surface area contributed by atoms with Gasteiger partial charge in [0.05, 0.1) is 11.6 Å². The summed E-state index contributed by atoms with van der Waals surface area (Å²) in [5.41, 5.74) is 11.9. The molecule has 2 N–H and O–H groups in total. The molecular formula is C46H57N2O2+. The largest absolute Gasteiger partial charge is 0.593 e. The number of allylic oxidation sites excluding steroid dienone is 12.